The van der Waals surface area contributed by atoms with Gasteiger partial charge in [0.2, 0.25) is 0 Å². The maximum atomic E-state index is 11.3. The first-order chi connectivity index (χ1) is 5.60. The summed E-state index contributed by atoms with van der Waals surface area (Å²) >= 11 is 0. The van der Waals surface area contributed by atoms with Crippen LogP contribution in [-0.2, 0) is 9.53 Å². The van der Waals surface area contributed by atoms with Crippen molar-refractivity contribution in [3.63, 3.8) is 0 Å². The minimum absolute atomic E-state index is 0.269. The zero-order chi connectivity index (χ0) is 9.61. The lowest BCUT2D eigenvalue weighted by atomic mass is 9.95. The van der Waals surface area contributed by atoms with Gasteiger partial charge in [-0.25, -0.2) is 0 Å². The Labute approximate surface area is 74.3 Å². The normalized spacial score (nSPS) is 11.3. The van der Waals surface area contributed by atoms with Crippen molar-refractivity contribution in [2.24, 2.45) is 5.73 Å². The second-order valence-corrected chi connectivity index (χ2v) is 3.00. The van der Waals surface area contributed by atoms with E-state index in [0.29, 0.717) is 19.4 Å². The van der Waals surface area contributed by atoms with Gasteiger partial charge >= 0.3 is 5.97 Å². The lowest BCUT2D eigenvalue weighted by Crippen LogP contribution is -2.48. The molecule has 0 fully saturated rings. The Balaban J connectivity index is 4.03. The van der Waals surface area contributed by atoms with E-state index in [0.717, 1.165) is 6.42 Å². The highest BCUT2D eigenvalue weighted by atomic mass is 16.5. The van der Waals surface area contributed by atoms with Crippen molar-refractivity contribution in [1.82, 2.24) is 0 Å². The molecule has 0 aliphatic carbocycles. The van der Waals surface area contributed by atoms with E-state index >= 15 is 0 Å². The Morgan fingerprint density at radius 3 is 2.17 bits per heavy atom. The molecule has 0 atom stereocenters. The number of hydrogen-bond acceptors (Lipinski definition) is 3. The molecule has 0 aromatic heterocycles. The molecule has 0 aromatic carbocycles. The van der Waals surface area contributed by atoms with Crippen LogP contribution in [0.1, 0.15) is 40.0 Å². The van der Waals surface area contributed by atoms with Crippen molar-refractivity contribution < 1.29 is 9.53 Å². The highest BCUT2D eigenvalue weighted by Crippen LogP contribution is 2.13. The van der Waals surface area contributed by atoms with Crippen LogP contribution in [0, 0.1) is 0 Å². The standard InChI is InChI=1S/C9H19NO2/c1-4-7-12-8(11)9(10,5-2)6-3/h4-7,10H2,1-3H3. The van der Waals surface area contributed by atoms with Gasteiger partial charge in [-0.05, 0) is 19.3 Å². The molecule has 0 aliphatic heterocycles. The molecule has 0 saturated heterocycles. The van der Waals surface area contributed by atoms with E-state index in [1.807, 2.05) is 20.8 Å². The van der Waals surface area contributed by atoms with Crippen LogP contribution >= 0.6 is 0 Å². The summed E-state index contributed by atoms with van der Waals surface area (Å²) in [7, 11) is 0. The van der Waals surface area contributed by atoms with E-state index < -0.39 is 5.54 Å². The lowest BCUT2D eigenvalue weighted by molar-refractivity contribution is -0.150. The number of carbonyl (C=O) groups excluding carboxylic acids is 1. The second-order valence-electron chi connectivity index (χ2n) is 3.00. The zero-order valence-electron chi connectivity index (χ0n) is 8.22. The molecule has 0 amide bonds. The quantitative estimate of drug-likeness (QED) is 0.640. The van der Waals surface area contributed by atoms with Gasteiger partial charge < -0.3 is 10.5 Å². The third-order valence-corrected chi connectivity index (χ3v) is 2.11. The van der Waals surface area contributed by atoms with Gasteiger partial charge in [0.15, 0.2) is 0 Å². The Morgan fingerprint density at radius 1 is 1.33 bits per heavy atom. The summed E-state index contributed by atoms with van der Waals surface area (Å²) in [5.74, 6) is -0.269. The minimum Gasteiger partial charge on any atom is -0.464 e. The summed E-state index contributed by atoms with van der Waals surface area (Å²) in [6, 6.07) is 0. The summed E-state index contributed by atoms with van der Waals surface area (Å²) in [5, 5.41) is 0. The van der Waals surface area contributed by atoms with Crippen LogP contribution < -0.4 is 5.73 Å². The highest BCUT2D eigenvalue weighted by molar-refractivity contribution is 5.80. The predicted octanol–water partition coefficient (Wildman–Crippen LogP) is 1.46. The molecule has 12 heavy (non-hydrogen) atoms. The first-order valence-corrected chi connectivity index (χ1v) is 4.56. The number of nitrogens with two attached hydrogens (primary N) is 1. The molecule has 0 rings (SSSR count). The third-order valence-electron chi connectivity index (χ3n) is 2.11. The number of hydrogen-bond donors (Lipinski definition) is 1. The van der Waals surface area contributed by atoms with Gasteiger partial charge in [-0.3, -0.25) is 4.79 Å². The van der Waals surface area contributed by atoms with Gasteiger partial charge in [0.1, 0.15) is 5.54 Å². The molecule has 3 nitrogen and oxygen atoms in total. The Bertz CT molecular complexity index is 141. The average molecular weight is 173 g/mol. The van der Waals surface area contributed by atoms with Gasteiger partial charge in [-0.2, -0.15) is 0 Å². The third kappa shape index (κ3) is 2.81. The van der Waals surface area contributed by atoms with Crippen LogP contribution in [-0.4, -0.2) is 18.1 Å². The van der Waals surface area contributed by atoms with Gasteiger partial charge in [-0.15, -0.1) is 0 Å². The molecular formula is C9H19NO2. The first kappa shape index (κ1) is 11.4. The van der Waals surface area contributed by atoms with Gasteiger partial charge in [0.25, 0.3) is 0 Å². The van der Waals surface area contributed by atoms with Crippen LogP contribution in [0.15, 0.2) is 0 Å². The number of carbonyl (C=O) groups is 1. The fourth-order valence-corrected chi connectivity index (χ4v) is 0.877. The van der Waals surface area contributed by atoms with Crippen LogP contribution in [0.4, 0.5) is 0 Å². The van der Waals surface area contributed by atoms with Gasteiger partial charge in [-0.1, -0.05) is 20.8 Å². The summed E-state index contributed by atoms with van der Waals surface area (Å²) in [6.45, 7) is 6.23. The molecular weight excluding hydrogens is 154 g/mol. The predicted molar refractivity (Wildman–Crippen MR) is 48.8 cm³/mol. The minimum atomic E-state index is -0.769. The molecule has 0 saturated carbocycles. The van der Waals surface area contributed by atoms with Crippen molar-refractivity contribution in [2.75, 3.05) is 6.61 Å². The van der Waals surface area contributed by atoms with Gasteiger partial charge in [0, 0.05) is 0 Å². The Hall–Kier alpha value is -0.570. The van der Waals surface area contributed by atoms with E-state index in [-0.39, 0.29) is 5.97 Å². The summed E-state index contributed by atoms with van der Waals surface area (Å²) in [4.78, 5) is 11.3. The first-order valence-electron chi connectivity index (χ1n) is 4.56. The molecule has 2 N–H and O–H groups in total. The van der Waals surface area contributed by atoms with Crippen molar-refractivity contribution in [3.05, 3.63) is 0 Å². The fourth-order valence-electron chi connectivity index (χ4n) is 0.877. The average Bonchev–Trinajstić information content (AvgIpc) is 2.12. The van der Waals surface area contributed by atoms with Gasteiger partial charge in [0.05, 0.1) is 6.61 Å². The van der Waals surface area contributed by atoms with Crippen molar-refractivity contribution in [1.29, 1.82) is 0 Å². The smallest absolute Gasteiger partial charge is 0.326 e. The molecule has 0 aliphatic rings. The van der Waals surface area contributed by atoms with Crippen molar-refractivity contribution in [3.8, 4) is 0 Å². The largest absolute Gasteiger partial charge is 0.464 e. The number of rotatable bonds is 5. The lowest BCUT2D eigenvalue weighted by Gasteiger charge is -2.23. The van der Waals surface area contributed by atoms with Crippen molar-refractivity contribution >= 4 is 5.97 Å². The zero-order valence-corrected chi connectivity index (χ0v) is 8.22. The van der Waals surface area contributed by atoms with E-state index in [1.54, 1.807) is 0 Å². The molecule has 0 radical (unpaired) electrons. The van der Waals surface area contributed by atoms with Crippen LogP contribution in [0.3, 0.4) is 0 Å². The maximum Gasteiger partial charge on any atom is 0.326 e. The molecule has 0 spiro atoms. The number of ether oxygens (including phenoxy) is 1. The molecule has 72 valence electrons. The van der Waals surface area contributed by atoms with Crippen LogP contribution in [0.5, 0.6) is 0 Å². The van der Waals surface area contributed by atoms with Crippen molar-refractivity contribution in [2.45, 2.75) is 45.6 Å². The topological polar surface area (TPSA) is 52.3 Å². The molecule has 3 heteroatoms. The fraction of sp³-hybridized carbons (Fsp3) is 0.889. The molecule has 0 bridgehead atoms. The molecule has 0 heterocycles. The van der Waals surface area contributed by atoms with E-state index in [9.17, 15) is 4.79 Å². The summed E-state index contributed by atoms with van der Waals surface area (Å²) in [6.07, 6.45) is 2.10. The van der Waals surface area contributed by atoms with E-state index in [1.165, 1.54) is 0 Å². The summed E-state index contributed by atoms with van der Waals surface area (Å²) in [5.41, 5.74) is 5.04. The maximum absolute atomic E-state index is 11.3. The van der Waals surface area contributed by atoms with E-state index in [2.05, 4.69) is 0 Å². The van der Waals surface area contributed by atoms with Crippen LogP contribution in [0.2, 0.25) is 0 Å². The Morgan fingerprint density at radius 2 is 1.83 bits per heavy atom. The highest BCUT2D eigenvalue weighted by Gasteiger charge is 2.31. The SMILES string of the molecule is CCCOC(=O)C(N)(CC)CC. The molecule has 0 unspecified atom stereocenters. The number of esters is 1. The summed E-state index contributed by atoms with van der Waals surface area (Å²) < 4.78 is 4.97. The molecule has 0 aromatic rings. The monoisotopic (exact) mass is 173 g/mol. The Kier molecular flexibility index (Phi) is 4.90. The van der Waals surface area contributed by atoms with Crippen LogP contribution in [0.25, 0.3) is 0 Å². The second kappa shape index (κ2) is 5.14. The van der Waals surface area contributed by atoms with E-state index in [4.69, 9.17) is 10.5 Å².